The summed E-state index contributed by atoms with van der Waals surface area (Å²) in [4.78, 5) is 7.38. The molecule has 1 atom stereocenters. The summed E-state index contributed by atoms with van der Waals surface area (Å²) in [6.07, 6.45) is 0.969. The Labute approximate surface area is 203 Å². The number of nitrogens with zero attached hydrogens (tertiary/aromatic N) is 2. The van der Waals surface area contributed by atoms with Gasteiger partial charge in [-0.1, -0.05) is 42.5 Å². The summed E-state index contributed by atoms with van der Waals surface area (Å²) < 4.78 is 10.9. The van der Waals surface area contributed by atoms with Crippen LogP contribution in [0.3, 0.4) is 0 Å². The number of nitrogens with one attached hydrogen (secondary N) is 2. The number of morpholine rings is 1. The van der Waals surface area contributed by atoms with E-state index in [4.69, 9.17) is 14.5 Å². The number of hydrogen-bond acceptors (Lipinski definition) is 4. The zero-order chi connectivity index (χ0) is 21.0. The fourth-order valence-electron chi connectivity index (χ4n) is 3.64. The molecule has 0 amide bonds. The van der Waals surface area contributed by atoms with E-state index in [0.717, 1.165) is 57.5 Å². The normalized spacial score (nSPS) is 15.6. The Kier molecular flexibility index (Phi) is 11.7. The maximum absolute atomic E-state index is 5.56. The van der Waals surface area contributed by atoms with E-state index in [1.54, 1.807) is 7.11 Å². The first-order valence-corrected chi connectivity index (χ1v) is 10.8. The van der Waals surface area contributed by atoms with Crippen molar-refractivity contribution in [2.45, 2.75) is 19.4 Å². The molecule has 7 heteroatoms. The van der Waals surface area contributed by atoms with Crippen molar-refractivity contribution < 1.29 is 9.47 Å². The maximum Gasteiger partial charge on any atom is 0.191 e. The van der Waals surface area contributed by atoms with E-state index in [9.17, 15) is 0 Å². The lowest BCUT2D eigenvalue weighted by Crippen LogP contribution is -2.42. The largest absolute Gasteiger partial charge is 0.497 e. The molecule has 1 fully saturated rings. The smallest absolute Gasteiger partial charge is 0.191 e. The van der Waals surface area contributed by atoms with Crippen molar-refractivity contribution in [2.75, 3.05) is 53.0 Å². The molecule has 1 heterocycles. The molecule has 0 spiro atoms. The average molecular weight is 538 g/mol. The molecular formula is C24H35IN4O2. The van der Waals surface area contributed by atoms with Gasteiger partial charge in [0, 0.05) is 26.2 Å². The van der Waals surface area contributed by atoms with Gasteiger partial charge in [-0.2, -0.15) is 0 Å². The molecule has 6 nitrogen and oxygen atoms in total. The highest BCUT2D eigenvalue weighted by atomic mass is 127. The Morgan fingerprint density at radius 3 is 2.42 bits per heavy atom. The van der Waals surface area contributed by atoms with Gasteiger partial charge < -0.3 is 20.1 Å². The van der Waals surface area contributed by atoms with Gasteiger partial charge in [-0.25, -0.2) is 0 Å². The molecule has 0 aliphatic carbocycles. The van der Waals surface area contributed by atoms with Crippen molar-refractivity contribution in [3.05, 3.63) is 65.7 Å². The third-order valence-electron chi connectivity index (χ3n) is 5.30. The van der Waals surface area contributed by atoms with Crippen LogP contribution in [0.4, 0.5) is 0 Å². The van der Waals surface area contributed by atoms with Gasteiger partial charge in [-0.05, 0) is 36.6 Å². The van der Waals surface area contributed by atoms with Gasteiger partial charge in [0.1, 0.15) is 5.75 Å². The van der Waals surface area contributed by atoms with E-state index in [0.29, 0.717) is 6.54 Å². The van der Waals surface area contributed by atoms with Gasteiger partial charge in [0.05, 0.1) is 32.9 Å². The topological polar surface area (TPSA) is 58.1 Å². The third-order valence-corrected chi connectivity index (χ3v) is 5.30. The zero-order valence-corrected chi connectivity index (χ0v) is 20.9. The predicted molar refractivity (Wildman–Crippen MR) is 138 cm³/mol. The molecule has 1 saturated heterocycles. The number of halogens is 1. The number of aliphatic imine (C=N–C) groups is 1. The van der Waals surface area contributed by atoms with E-state index < -0.39 is 0 Å². The van der Waals surface area contributed by atoms with E-state index in [2.05, 4.69) is 58.9 Å². The second-order valence-corrected chi connectivity index (χ2v) is 7.32. The van der Waals surface area contributed by atoms with Gasteiger partial charge >= 0.3 is 0 Å². The molecule has 2 aromatic carbocycles. The lowest BCUT2D eigenvalue weighted by atomic mass is 10.0. The van der Waals surface area contributed by atoms with E-state index in [1.807, 2.05) is 18.2 Å². The highest BCUT2D eigenvalue weighted by Gasteiger charge is 2.22. The van der Waals surface area contributed by atoms with Crippen LogP contribution in [0.5, 0.6) is 5.75 Å². The van der Waals surface area contributed by atoms with Crippen LogP contribution in [-0.4, -0.2) is 63.9 Å². The highest BCUT2D eigenvalue weighted by molar-refractivity contribution is 14.0. The summed E-state index contributed by atoms with van der Waals surface area (Å²) >= 11 is 0. The number of benzene rings is 2. The lowest BCUT2D eigenvalue weighted by Gasteiger charge is -2.34. The summed E-state index contributed by atoms with van der Waals surface area (Å²) in [6.45, 7) is 7.85. The number of rotatable bonds is 9. The molecule has 1 aliphatic heterocycles. The van der Waals surface area contributed by atoms with Gasteiger partial charge in [0.25, 0.3) is 0 Å². The van der Waals surface area contributed by atoms with Crippen molar-refractivity contribution in [3.8, 4) is 5.75 Å². The van der Waals surface area contributed by atoms with Crippen molar-refractivity contribution in [2.24, 2.45) is 4.99 Å². The average Bonchev–Trinajstić information content (AvgIpc) is 2.81. The molecule has 170 valence electrons. The molecule has 3 rings (SSSR count). The zero-order valence-electron chi connectivity index (χ0n) is 18.5. The first kappa shape index (κ1) is 25.4. The minimum atomic E-state index is 0. The van der Waals surface area contributed by atoms with Crippen molar-refractivity contribution in [1.29, 1.82) is 0 Å². The summed E-state index contributed by atoms with van der Waals surface area (Å²) in [7, 11) is 1.70. The number of hydrogen-bond donors (Lipinski definition) is 2. The van der Waals surface area contributed by atoms with Crippen molar-refractivity contribution in [1.82, 2.24) is 15.5 Å². The van der Waals surface area contributed by atoms with E-state index in [-0.39, 0.29) is 30.0 Å². The molecule has 0 radical (unpaired) electrons. The summed E-state index contributed by atoms with van der Waals surface area (Å²) in [5.74, 6) is 1.74. The van der Waals surface area contributed by atoms with Crippen LogP contribution in [0, 0.1) is 0 Å². The van der Waals surface area contributed by atoms with Crippen LogP contribution >= 0.6 is 24.0 Å². The van der Waals surface area contributed by atoms with Crippen LogP contribution < -0.4 is 15.4 Å². The number of guanidine groups is 1. The Balaban J connectivity index is 0.00000341. The van der Waals surface area contributed by atoms with Gasteiger partial charge in [-0.15, -0.1) is 24.0 Å². The third kappa shape index (κ3) is 8.31. The maximum atomic E-state index is 5.56. The summed E-state index contributed by atoms with van der Waals surface area (Å²) in [5, 5.41) is 6.85. The van der Waals surface area contributed by atoms with Gasteiger partial charge in [0.2, 0.25) is 0 Å². The Bertz CT molecular complexity index is 765. The molecule has 0 aromatic heterocycles. The van der Waals surface area contributed by atoms with Crippen LogP contribution in [0.1, 0.15) is 24.1 Å². The fourth-order valence-corrected chi connectivity index (χ4v) is 3.64. The van der Waals surface area contributed by atoms with Crippen LogP contribution in [0.15, 0.2) is 59.6 Å². The molecule has 1 aliphatic rings. The van der Waals surface area contributed by atoms with Crippen molar-refractivity contribution in [3.63, 3.8) is 0 Å². The van der Waals surface area contributed by atoms with Crippen molar-refractivity contribution >= 4 is 29.9 Å². The minimum absolute atomic E-state index is 0. The molecule has 2 N–H and O–H groups in total. The van der Waals surface area contributed by atoms with Crippen LogP contribution in [0.2, 0.25) is 0 Å². The highest BCUT2D eigenvalue weighted by Crippen LogP contribution is 2.24. The van der Waals surface area contributed by atoms with E-state index in [1.165, 1.54) is 11.1 Å². The minimum Gasteiger partial charge on any atom is -0.497 e. The quantitative estimate of drug-likeness (QED) is 0.291. The fraction of sp³-hybridized carbons (Fsp3) is 0.458. The first-order chi connectivity index (χ1) is 14.8. The molecule has 2 aromatic rings. The Hall–Kier alpha value is -1.84. The van der Waals surface area contributed by atoms with Crippen LogP contribution in [0.25, 0.3) is 0 Å². The standard InChI is InChI=1S/C24H34N4O2.HI/c1-3-25-24(26-14-13-20-7-5-4-6-8-20)27-19-23(28-15-17-30-18-16-28)21-9-11-22(29-2)12-10-21;/h4-12,23H,3,13-19H2,1-2H3,(H2,25,26,27);1H. The van der Waals surface area contributed by atoms with E-state index >= 15 is 0 Å². The SMILES string of the molecule is CCNC(=NCC(c1ccc(OC)cc1)N1CCOCC1)NCCc1ccccc1.I. The molecule has 0 saturated carbocycles. The Morgan fingerprint density at radius 2 is 1.77 bits per heavy atom. The lowest BCUT2D eigenvalue weighted by molar-refractivity contribution is 0.0179. The first-order valence-electron chi connectivity index (χ1n) is 10.8. The molecular weight excluding hydrogens is 503 g/mol. The molecule has 31 heavy (non-hydrogen) atoms. The molecule has 0 bridgehead atoms. The van der Waals surface area contributed by atoms with Gasteiger partial charge in [-0.3, -0.25) is 9.89 Å². The van der Waals surface area contributed by atoms with Crippen LogP contribution in [-0.2, 0) is 11.2 Å². The van der Waals surface area contributed by atoms with Gasteiger partial charge in [0.15, 0.2) is 5.96 Å². The second kappa shape index (κ2) is 14.3. The summed E-state index contributed by atoms with van der Waals surface area (Å²) in [6, 6.07) is 19.1. The summed E-state index contributed by atoms with van der Waals surface area (Å²) in [5.41, 5.74) is 2.58. The monoisotopic (exact) mass is 538 g/mol. The molecule has 1 unspecified atom stereocenters. The second-order valence-electron chi connectivity index (χ2n) is 7.32. The Morgan fingerprint density at radius 1 is 1.06 bits per heavy atom. The predicted octanol–water partition coefficient (Wildman–Crippen LogP) is 3.48. The number of methoxy groups -OCH3 is 1. The number of ether oxygens (including phenoxy) is 2.